The van der Waals surface area contributed by atoms with E-state index in [4.69, 9.17) is 0 Å². The highest BCUT2D eigenvalue weighted by Gasteiger charge is 2.52. The third kappa shape index (κ3) is 4.17. The van der Waals surface area contributed by atoms with Gasteiger partial charge in [-0.3, -0.25) is 4.79 Å². The number of hydrogen-bond acceptors (Lipinski definition) is 1. The van der Waals surface area contributed by atoms with Crippen LogP contribution in [0.5, 0.6) is 0 Å². The van der Waals surface area contributed by atoms with Gasteiger partial charge in [-0.1, -0.05) is 30.4 Å². The smallest absolute Gasteiger partial charge is 0.228 e. The van der Waals surface area contributed by atoms with Gasteiger partial charge in [-0.2, -0.15) is 0 Å². The van der Waals surface area contributed by atoms with Gasteiger partial charge in [-0.25, -0.2) is 0 Å². The molecular weight excluding hydrogens is 294 g/mol. The highest BCUT2D eigenvalue weighted by Crippen LogP contribution is 2.52. The molecule has 3 atom stereocenters. The molecule has 1 aromatic carbocycles. The Morgan fingerprint density at radius 2 is 1.46 bits per heavy atom. The zero-order chi connectivity index (χ0) is 16.9. The molecule has 3 rings (SSSR count). The van der Waals surface area contributed by atoms with Gasteiger partial charge in [-0.05, 0) is 87.5 Å². The topological polar surface area (TPSA) is 29.1 Å². The lowest BCUT2D eigenvalue weighted by Crippen LogP contribution is -2.15. The molecule has 1 aromatic rings. The van der Waals surface area contributed by atoms with Gasteiger partial charge in [0.1, 0.15) is 0 Å². The molecule has 1 amide bonds. The normalized spacial score (nSPS) is 29.5. The molecule has 2 aliphatic carbocycles. The fourth-order valence-electron chi connectivity index (χ4n) is 3.91. The molecule has 0 aliphatic heterocycles. The molecule has 0 saturated heterocycles. The predicted octanol–water partition coefficient (Wildman–Crippen LogP) is 5.57. The minimum Gasteiger partial charge on any atom is -0.326 e. The van der Waals surface area contributed by atoms with E-state index >= 15 is 0 Å². The predicted molar refractivity (Wildman–Crippen MR) is 101 cm³/mol. The Labute approximate surface area is 146 Å². The number of amides is 1. The molecule has 24 heavy (non-hydrogen) atoms. The Kier molecular flexibility index (Phi) is 5.55. The van der Waals surface area contributed by atoms with Crippen LogP contribution in [0, 0.1) is 31.6 Å². The minimum absolute atomic E-state index is 0.203. The maximum absolute atomic E-state index is 12.7. The molecule has 1 fully saturated rings. The number of hydrogen-bond donors (Lipinski definition) is 1. The molecule has 1 N–H and O–H groups in total. The number of benzene rings is 1. The first-order valence-electron chi connectivity index (χ1n) is 9.35. The van der Waals surface area contributed by atoms with Crippen LogP contribution in [0.25, 0.3) is 0 Å². The third-order valence-electron chi connectivity index (χ3n) is 5.58. The molecule has 2 aliphatic rings. The van der Waals surface area contributed by atoms with Gasteiger partial charge < -0.3 is 5.32 Å². The summed E-state index contributed by atoms with van der Waals surface area (Å²) in [5.74, 6) is 1.55. The van der Waals surface area contributed by atoms with Crippen molar-refractivity contribution in [2.75, 3.05) is 5.32 Å². The van der Waals surface area contributed by atoms with Crippen molar-refractivity contribution in [3.8, 4) is 0 Å². The average Bonchev–Trinajstić information content (AvgIpc) is 3.23. The highest BCUT2D eigenvalue weighted by molar-refractivity contribution is 5.95. The number of fused-ring (bicyclic) bond motifs is 1. The third-order valence-corrected chi connectivity index (χ3v) is 5.58. The first kappa shape index (κ1) is 17.0. The maximum atomic E-state index is 12.7. The lowest BCUT2D eigenvalue weighted by molar-refractivity contribution is -0.117. The molecule has 1 unspecified atom stereocenters. The number of rotatable bonds is 2. The second-order valence-corrected chi connectivity index (χ2v) is 7.32. The summed E-state index contributed by atoms with van der Waals surface area (Å²) >= 11 is 0. The van der Waals surface area contributed by atoms with Crippen molar-refractivity contribution in [2.24, 2.45) is 17.8 Å². The van der Waals surface area contributed by atoms with E-state index in [-0.39, 0.29) is 11.8 Å². The average molecular weight is 323 g/mol. The quantitative estimate of drug-likeness (QED) is 0.708. The zero-order valence-corrected chi connectivity index (χ0v) is 14.9. The van der Waals surface area contributed by atoms with Crippen molar-refractivity contribution in [3.05, 3.63) is 53.6 Å². The van der Waals surface area contributed by atoms with E-state index in [2.05, 4.69) is 55.6 Å². The summed E-state index contributed by atoms with van der Waals surface area (Å²) in [6.07, 6.45) is 16.0. The van der Waals surface area contributed by atoms with Gasteiger partial charge in [0.2, 0.25) is 5.91 Å². The first-order chi connectivity index (χ1) is 11.7. The van der Waals surface area contributed by atoms with Crippen LogP contribution >= 0.6 is 0 Å². The van der Waals surface area contributed by atoms with Gasteiger partial charge in [0.25, 0.3) is 0 Å². The number of anilines is 1. The second kappa shape index (κ2) is 7.83. The fraction of sp³-hybridized carbons (Fsp3) is 0.500. The summed E-state index contributed by atoms with van der Waals surface area (Å²) in [6, 6.07) is 6.17. The van der Waals surface area contributed by atoms with E-state index < -0.39 is 0 Å². The monoisotopic (exact) mass is 323 g/mol. The molecule has 2 nitrogen and oxygen atoms in total. The molecule has 0 bridgehead atoms. The van der Waals surface area contributed by atoms with E-state index in [1.165, 1.54) is 11.1 Å². The molecule has 2 heteroatoms. The SMILES string of the molecule is Cc1ccc(NC(=O)C2[C@@H]3CC/C=C\CC/C=C/CC[C@@H]23)cc1C. The van der Waals surface area contributed by atoms with E-state index in [0.29, 0.717) is 11.8 Å². The number of carbonyl (C=O) groups excluding carboxylic acids is 1. The van der Waals surface area contributed by atoms with E-state index in [9.17, 15) is 4.79 Å². The van der Waals surface area contributed by atoms with Crippen molar-refractivity contribution in [2.45, 2.75) is 52.4 Å². The van der Waals surface area contributed by atoms with Crippen LogP contribution in [0.1, 0.15) is 49.7 Å². The zero-order valence-electron chi connectivity index (χ0n) is 14.9. The lowest BCUT2D eigenvalue weighted by atomic mass is 10.1. The van der Waals surface area contributed by atoms with Crippen LogP contribution < -0.4 is 5.32 Å². The molecule has 0 aromatic heterocycles. The Morgan fingerprint density at radius 3 is 2.04 bits per heavy atom. The Morgan fingerprint density at radius 1 is 0.875 bits per heavy atom. The van der Waals surface area contributed by atoms with Gasteiger partial charge in [0, 0.05) is 11.6 Å². The van der Waals surface area contributed by atoms with E-state index in [1.54, 1.807) is 0 Å². The summed E-state index contributed by atoms with van der Waals surface area (Å²) in [6.45, 7) is 4.19. The van der Waals surface area contributed by atoms with E-state index in [1.807, 2.05) is 6.07 Å². The number of carbonyl (C=O) groups is 1. The number of nitrogens with one attached hydrogen (secondary N) is 1. The minimum atomic E-state index is 0.203. The Hall–Kier alpha value is -1.83. The van der Waals surface area contributed by atoms with Crippen molar-refractivity contribution in [1.82, 2.24) is 0 Å². The summed E-state index contributed by atoms with van der Waals surface area (Å²) in [5.41, 5.74) is 3.43. The van der Waals surface area contributed by atoms with Crippen LogP contribution in [0.3, 0.4) is 0 Å². The molecular formula is C22H29NO. The second-order valence-electron chi connectivity index (χ2n) is 7.32. The van der Waals surface area contributed by atoms with Crippen LogP contribution in [0.15, 0.2) is 42.5 Å². The molecule has 1 saturated carbocycles. The number of allylic oxidation sites excluding steroid dienone is 4. The van der Waals surface area contributed by atoms with Crippen LogP contribution in [-0.4, -0.2) is 5.91 Å². The van der Waals surface area contributed by atoms with Crippen molar-refractivity contribution < 1.29 is 4.79 Å². The van der Waals surface area contributed by atoms with Crippen molar-refractivity contribution >= 4 is 11.6 Å². The largest absolute Gasteiger partial charge is 0.326 e. The van der Waals surface area contributed by atoms with Crippen molar-refractivity contribution in [3.63, 3.8) is 0 Å². The Balaban J connectivity index is 1.62. The summed E-state index contributed by atoms with van der Waals surface area (Å²) in [5, 5.41) is 3.15. The lowest BCUT2D eigenvalue weighted by Gasteiger charge is -2.07. The standard InChI is InChI=1S/C22H29NO/c1-16-13-14-18(15-17(16)2)23-22(24)21-19-11-9-7-5-3-4-6-8-10-12-20(19)21/h5-8,13-15,19-21H,3-4,9-12H2,1-2H3,(H,23,24)/b7-5-,8-6+/t19-,20-,21?/m1/s1. The fourth-order valence-corrected chi connectivity index (χ4v) is 3.91. The number of aryl methyl sites for hydroxylation is 2. The van der Waals surface area contributed by atoms with Gasteiger partial charge in [0.15, 0.2) is 0 Å². The highest BCUT2D eigenvalue weighted by atomic mass is 16.2. The molecule has 128 valence electrons. The maximum Gasteiger partial charge on any atom is 0.228 e. The van der Waals surface area contributed by atoms with Crippen LogP contribution in [-0.2, 0) is 4.79 Å². The van der Waals surface area contributed by atoms with E-state index in [0.717, 1.165) is 44.2 Å². The summed E-state index contributed by atoms with van der Waals surface area (Å²) in [7, 11) is 0. The van der Waals surface area contributed by atoms with Crippen LogP contribution in [0.2, 0.25) is 0 Å². The van der Waals surface area contributed by atoms with Gasteiger partial charge in [0.05, 0.1) is 0 Å². The summed E-state index contributed by atoms with van der Waals surface area (Å²) in [4.78, 5) is 12.7. The van der Waals surface area contributed by atoms with Gasteiger partial charge in [-0.15, -0.1) is 0 Å². The van der Waals surface area contributed by atoms with Crippen molar-refractivity contribution in [1.29, 1.82) is 0 Å². The molecule has 0 spiro atoms. The molecule has 0 heterocycles. The Bertz CT molecular complexity index is 619. The van der Waals surface area contributed by atoms with Gasteiger partial charge >= 0.3 is 0 Å². The van der Waals surface area contributed by atoms with Crippen LogP contribution in [0.4, 0.5) is 5.69 Å². The first-order valence-corrected chi connectivity index (χ1v) is 9.35. The molecule has 0 radical (unpaired) electrons. The summed E-state index contributed by atoms with van der Waals surface area (Å²) < 4.78 is 0.